The normalized spacial score (nSPS) is 20.1. The van der Waals surface area contributed by atoms with E-state index in [1.807, 2.05) is 18.2 Å². The zero-order valence-electron chi connectivity index (χ0n) is 12.2. The number of sulfonamides is 1. The molecule has 1 aliphatic rings. The Balaban J connectivity index is 1.80. The van der Waals surface area contributed by atoms with Crippen molar-refractivity contribution in [2.45, 2.75) is 19.3 Å². The van der Waals surface area contributed by atoms with Gasteiger partial charge in [-0.1, -0.05) is 6.07 Å². The number of pyridine rings is 1. The number of rotatable bonds is 5. The molecule has 116 valence electrons. The maximum atomic E-state index is 12.1. The van der Waals surface area contributed by atoms with Crippen LogP contribution in [0.1, 0.15) is 18.5 Å². The van der Waals surface area contributed by atoms with Gasteiger partial charge in [0.2, 0.25) is 15.9 Å². The molecule has 1 aliphatic heterocycles. The second-order valence-electron chi connectivity index (χ2n) is 5.32. The monoisotopic (exact) mass is 311 g/mol. The van der Waals surface area contributed by atoms with Crippen LogP contribution >= 0.6 is 0 Å². The Bertz CT molecular complexity index is 574. The van der Waals surface area contributed by atoms with Crippen molar-refractivity contribution in [2.75, 3.05) is 25.9 Å². The molecular formula is C14H21N3O3S. The van der Waals surface area contributed by atoms with Crippen LogP contribution in [0, 0.1) is 5.92 Å². The number of hydrogen-bond donors (Lipinski definition) is 1. The SMILES string of the molecule is CS(=O)(=O)N1CCCC(C(=O)NCCc2ccccn2)C1. The summed E-state index contributed by atoms with van der Waals surface area (Å²) in [6.07, 6.45) is 5.05. The van der Waals surface area contributed by atoms with Crippen LogP contribution in [0.25, 0.3) is 0 Å². The van der Waals surface area contributed by atoms with Crippen molar-refractivity contribution in [1.29, 1.82) is 0 Å². The zero-order valence-corrected chi connectivity index (χ0v) is 13.0. The lowest BCUT2D eigenvalue weighted by Crippen LogP contribution is -2.45. The number of piperidine rings is 1. The summed E-state index contributed by atoms with van der Waals surface area (Å²) in [5.74, 6) is -0.323. The lowest BCUT2D eigenvalue weighted by Gasteiger charge is -2.30. The van der Waals surface area contributed by atoms with Gasteiger partial charge in [-0.3, -0.25) is 9.78 Å². The largest absolute Gasteiger partial charge is 0.355 e. The van der Waals surface area contributed by atoms with Gasteiger partial charge in [0, 0.05) is 37.9 Å². The molecule has 21 heavy (non-hydrogen) atoms. The molecule has 7 heteroatoms. The van der Waals surface area contributed by atoms with E-state index in [9.17, 15) is 13.2 Å². The van der Waals surface area contributed by atoms with Gasteiger partial charge in [0.15, 0.2) is 0 Å². The van der Waals surface area contributed by atoms with Crippen LogP contribution in [0.15, 0.2) is 24.4 Å². The zero-order chi connectivity index (χ0) is 15.3. The summed E-state index contributed by atoms with van der Waals surface area (Å²) in [5.41, 5.74) is 0.930. The Morgan fingerprint density at radius 3 is 2.95 bits per heavy atom. The van der Waals surface area contributed by atoms with Gasteiger partial charge < -0.3 is 5.32 Å². The molecule has 1 aromatic rings. The summed E-state index contributed by atoms with van der Waals surface area (Å²) in [5, 5.41) is 2.87. The van der Waals surface area contributed by atoms with E-state index in [2.05, 4.69) is 10.3 Å². The average Bonchev–Trinajstić information content (AvgIpc) is 2.47. The molecule has 0 bridgehead atoms. The molecule has 6 nitrogen and oxygen atoms in total. The van der Waals surface area contributed by atoms with Crippen LogP contribution in [0.3, 0.4) is 0 Å². The van der Waals surface area contributed by atoms with Gasteiger partial charge in [-0.2, -0.15) is 0 Å². The average molecular weight is 311 g/mol. The molecule has 1 unspecified atom stereocenters. The highest BCUT2D eigenvalue weighted by Crippen LogP contribution is 2.18. The van der Waals surface area contributed by atoms with E-state index in [1.54, 1.807) is 6.20 Å². The first-order chi connectivity index (χ1) is 9.97. The van der Waals surface area contributed by atoms with Crippen LogP contribution in [0.5, 0.6) is 0 Å². The second-order valence-corrected chi connectivity index (χ2v) is 7.30. The van der Waals surface area contributed by atoms with Crippen molar-refractivity contribution < 1.29 is 13.2 Å². The quantitative estimate of drug-likeness (QED) is 0.854. The Labute approximate surface area is 125 Å². The summed E-state index contributed by atoms with van der Waals surface area (Å²) >= 11 is 0. The first-order valence-corrected chi connectivity index (χ1v) is 8.94. The predicted octanol–water partition coefficient (Wildman–Crippen LogP) is 0.412. The van der Waals surface area contributed by atoms with Crippen LogP contribution in [-0.2, 0) is 21.2 Å². The highest BCUT2D eigenvalue weighted by molar-refractivity contribution is 7.88. The molecule has 1 amide bonds. The Hall–Kier alpha value is -1.47. The van der Waals surface area contributed by atoms with E-state index in [1.165, 1.54) is 10.6 Å². The molecule has 2 rings (SSSR count). The van der Waals surface area contributed by atoms with Crippen molar-refractivity contribution in [3.8, 4) is 0 Å². The van der Waals surface area contributed by atoms with Gasteiger partial charge in [0.1, 0.15) is 0 Å². The molecule has 1 atom stereocenters. The Morgan fingerprint density at radius 2 is 2.29 bits per heavy atom. The van der Waals surface area contributed by atoms with Gasteiger partial charge in [-0.25, -0.2) is 12.7 Å². The fraction of sp³-hybridized carbons (Fsp3) is 0.571. The third-order valence-electron chi connectivity index (χ3n) is 3.63. The standard InChI is InChI=1S/C14H21N3O3S/c1-21(19,20)17-10-4-5-12(11-17)14(18)16-9-7-13-6-2-3-8-15-13/h2-3,6,8,12H,4-5,7,9-11H2,1H3,(H,16,18). The van der Waals surface area contributed by atoms with E-state index in [4.69, 9.17) is 0 Å². The number of carbonyl (C=O) groups excluding carboxylic acids is 1. The van der Waals surface area contributed by atoms with E-state index in [0.717, 1.165) is 18.5 Å². The predicted molar refractivity (Wildman–Crippen MR) is 80.1 cm³/mol. The smallest absolute Gasteiger partial charge is 0.224 e. The molecule has 0 aromatic carbocycles. The first kappa shape index (κ1) is 15.9. The summed E-state index contributed by atoms with van der Waals surface area (Å²) in [4.78, 5) is 16.3. The molecule has 1 aromatic heterocycles. The minimum Gasteiger partial charge on any atom is -0.355 e. The minimum absolute atomic E-state index is 0.0701. The molecule has 0 aliphatic carbocycles. The van der Waals surface area contributed by atoms with E-state index in [-0.39, 0.29) is 18.4 Å². The third kappa shape index (κ3) is 4.78. The molecule has 1 saturated heterocycles. The Kier molecular flexibility index (Phi) is 5.30. The molecule has 2 heterocycles. The van der Waals surface area contributed by atoms with Crippen LogP contribution in [0.4, 0.5) is 0 Å². The molecule has 1 N–H and O–H groups in total. The van der Waals surface area contributed by atoms with Gasteiger partial charge >= 0.3 is 0 Å². The molecular weight excluding hydrogens is 290 g/mol. The van der Waals surface area contributed by atoms with Crippen LogP contribution < -0.4 is 5.32 Å². The van der Waals surface area contributed by atoms with E-state index in [0.29, 0.717) is 19.5 Å². The maximum Gasteiger partial charge on any atom is 0.224 e. The van der Waals surface area contributed by atoms with Gasteiger partial charge in [-0.15, -0.1) is 0 Å². The second kappa shape index (κ2) is 7.00. The van der Waals surface area contributed by atoms with E-state index >= 15 is 0 Å². The number of aromatic nitrogens is 1. The highest BCUT2D eigenvalue weighted by atomic mass is 32.2. The Morgan fingerprint density at radius 1 is 1.48 bits per heavy atom. The number of nitrogens with zero attached hydrogens (tertiary/aromatic N) is 2. The fourth-order valence-electron chi connectivity index (χ4n) is 2.46. The summed E-state index contributed by atoms with van der Waals surface area (Å²) < 4.78 is 24.5. The maximum absolute atomic E-state index is 12.1. The molecule has 1 fully saturated rings. The third-order valence-corrected chi connectivity index (χ3v) is 4.90. The van der Waals surface area contributed by atoms with Crippen molar-refractivity contribution in [2.24, 2.45) is 5.92 Å². The van der Waals surface area contributed by atoms with Crippen molar-refractivity contribution >= 4 is 15.9 Å². The summed E-state index contributed by atoms with van der Waals surface area (Å²) in [6.45, 7) is 1.32. The molecule has 0 radical (unpaired) electrons. The van der Waals surface area contributed by atoms with Crippen LogP contribution in [0.2, 0.25) is 0 Å². The van der Waals surface area contributed by atoms with Crippen molar-refractivity contribution in [3.63, 3.8) is 0 Å². The number of hydrogen-bond acceptors (Lipinski definition) is 4. The summed E-state index contributed by atoms with van der Waals surface area (Å²) in [7, 11) is -3.21. The van der Waals surface area contributed by atoms with Gasteiger partial charge in [-0.05, 0) is 25.0 Å². The van der Waals surface area contributed by atoms with Crippen molar-refractivity contribution in [3.05, 3.63) is 30.1 Å². The molecule has 0 saturated carbocycles. The van der Waals surface area contributed by atoms with Crippen LogP contribution in [-0.4, -0.2) is 49.5 Å². The first-order valence-electron chi connectivity index (χ1n) is 7.09. The van der Waals surface area contributed by atoms with E-state index < -0.39 is 10.0 Å². The topological polar surface area (TPSA) is 79.4 Å². The number of nitrogens with one attached hydrogen (secondary N) is 1. The lowest BCUT2D eigenvalue weighted by atomic mass is 9.99. The number of amides is 1. The van der Waals surface area contributed by atoms with Gasteiger partial charge in [0.05, 0.1) is 12.2 Å². The fourth-order valence-corrected chi connectivity index (χ4v) is 3.37. The lowest BCUT2D eigenvalue weighted by molar-refractivity contribution is -0.126. The number of carbonyl (C=O) groups is 1. The van der Waals surface area contributed by atoms with Gasteiger partial charge in [0.25, 0.3) is 0 Å². The summed E-state index contributed by atoms with van der Waals surface area (Å²) in [6, 6.07) is 5.68. The minimum atomic E-state index is -3.21. The molecule has 0 spiro atoms. The van der Waals surface area contributed by atoms with Crippen molar-refractivity contribution in [1.82, 2.24) is 14.6 Å². The highest BCUT2D eigenvalue weighted by Gasteiger charge is 2.29.